The molecule has 1 aromatic carbocycles. The maximum Gasteiger partial charge on any atom is 0.250 e. The fraction of sp³-hybridized carbons (Fsp3) is 0. The van der Waals surface area contributed by atoms with Crippen LogP contribution in [0.25, 0.3) is 11.0 Å². The quantitative estimate of drug-likeness (QED) is 0.629. The molecule has 1 amide bonds. The van der Waals surface area contributed by atoms with Gasteiger partial charge in [0.1, 0.15) is 0 Å². The lowest BCUT2D eigenvalue weighted by molar-refractivity contribution is 0.100. The summed E-state index contributed by atoms with van der Waals surface area (Å²) in [4.78, 5) is 19.0. The Morgan fingerprint density at radius 1 is 1.14 bits per heavy atom. The van der Waals surface area contributed by atoms with Crippen molar-refractivity contribution in [2.75, 3.05) is 5.73 Å². The molecular weight excluding hydrogens is 180 g/mol. The van der Waals surface area contributed by atoms with Crippen LogP contribution in [0.5, 0.6) is 0 Å². The average molecular weight is 188 g/mol. The molecule has 0 atom stereocenters. The molecule has 5 nitrogen and oxygen atoms in total. The van der Waals surface area contributed by atoms with Crippen LogP contribution in [-0.4, -0.2) is 15.9 Å². The number of hydrogen-bond acceptors (Lipinski definition) is 4. The van der Waals surface area contributed by atoms with Gasteiger partial charge in [-0.05, 0) is 12.1 Å². The number of anilines is 1. The summed E-state index contributed by atoms with van der Waals surface area (Å²) in [5.74, 6) is -0.560. The van der Waals surface area contributed by atoms with Gasteiger partial charge in [-0.25, -0.2) is 0 Å². The van der Waals surface area contributed by atoms with Crippen LogP contribution in [0.2, 0.25) is 0 Å². The Labute approximate surface area is 79.8 Å². The van der Waals surface area contributed by atoms with E-state index < -0.39 is 5.91 Å². The monoisotopic (exact) mass is 188 g/mol. The molecule has 0 unspecified atom stereocenters. The standard InChI is InChI=1S/C9H8N4O/c10-6-4-8-7(12-1-2-13-8)3-5(6)9(11)14/h1-4H,10H2,(H2,11,14). The molecule has 5 heteroatoms. The number of aromatic nitrogens is 2. The fourth-order valence-electron chi connectivity index (χ4n) is 1.24. The fourth-order valence-corrected chi connectivity index (χ4v) is 1.24. The molecule has 4 N–H and O–H groups in total. The summed E-state index contributed by atoms with van der Waals surface area (Å²) in [7, 11) is 0. The first kappa shape index (κ1) is 8.43. The summed E-state index contributed by atoms with van der Waals surface area (Å²) in [6, 6.07) is 3.13. The second kappa shape index (κ2) is 2.95. The SMILES string of the molecule is NC(=O)c1cc2nccnc2cc1N. The smallest absolute Gasteiger partial charge is 0.250 e. The van der Waals surface area contributed by atoms with Crippen molar-refractivity contribution in [1.29, 1.82) is 0 Å². The number of hydrogen-bond donors (Lipinski definition) is 2. The number of amides is 1. The highest BCUT2D eigenvalue weighted by Crippen LogP contribution is 2.17. The molecule has 1 heterocycles. The zero-order valence-electron chi connectivity index (χ0n) is 7.27. The molecule has 0 aliphatic heterocycles. The topological polar surface area (TPSA) is 94.9 Å². The lowest BCUT2D eigenvalue weighted by Gasteiger charge is -2.02. The van der Waals surface area contributed by atoms with Crippen LogP contribution < -0.4 is 11.5 Å². The molecule has 0 aliphatic rings. The van der Waals surface area contributed by atoms with Gasteiger partial charge in [-0.15, -0.1) is 0 Å². The molecule has 2 rings (SSSR count). The number of fused-ring (bicyclic) bond motifs is 1. The number of carbonyl (C=O) groups excluding carboxylic acids is 1. The van der Waals surface area contributed by atoms with E-state index in [2.05, 4.69) is 9.97 Å². The number of carbonyl (C=O) groups is 1. The van der Waals surface area contributed by atoms with E-state index in [9.17, 15) is 4.79 Å². The second-order valence-electron chi connectivity index (χ2n) is 2.85. The van der Waals surface area contributed by atoms with Gasteiger partial charge in [0.15, 0.2) is 0 Å². The predicted octanol–water partition coefficient (Wildman–Crippen LogP) is 0.311. The number of primary amides is 1. The minimum absolute atomic E-state index is 0.276. The Balaban J connectivity index is 2.77. The van der Waals surface area contributed by atoms with Gasteiger partial charge < -0.3 is 11.5 Å². The highest BCUT2D eigenvalue weighted by molar-refractivity contribution is 6.01. The van der Waals surface area contributed by atoms with Crippen LogP contribution in [0, 0.1) is 0 Å². The molecule has 0 saturated heterocycles. The van der Waals surface area contributed by atoms with E-state index in [0.29, 0.717) is 16.7 Å². The predicted molar refractivity (Wildman–Crippen MR) is 52.5 cm³/mol. The van der Waals surface area contributed by atoms with Crippen LogP contribution in [0.1, 0.15) is 10.4 Å². The average Bonchev–Trinajstić information content (AvgIpc) is 2.16. The van der Waals surface area contributed by atoms with Gasteiger partial charge in [0.2, 0.25) is 0 Å². The Morgan fingerprint density at radius 2 is 1.71 bits per heavy atom. The minimum atomic E-state index is -0.560. The Hall–Kier alpha value is -2.17. The Morgan fingerprint density at radius 3 is 2.29 bits per heavy atom. The van der Waals surface area contributed by atoms with Gasteiger partial charge in [-0.3, -0.25) is 14.8 Å². The number of nitrogens with two attached hydrogens (primary N) is 2. The van der Waals surface area contributed by atoms with Gasteiger partial charge in [0.25, 0.3) is 5.91 Å². The van der Waals surface area contributed by atoms with Gasteiger partial charge in [-0.1, -0.05) is 0 Å². The first-order chi connectivity index (χ1) is 6.68. The summed E-state index contributed by atoms with van der Waals surface area (Å²) in [6.45, 7) is 0. The molecule has 2 aromatic rings. The van der Waals surface area contributed by atoms with E-state index in [-0.39, 0.29) is 5.56 Å². The van der Waals surface area contributed by atoms with Crippen molar-refractivity contribution in [1.82, 2.24) is 9.97 Å². The van der Waals surface area contributed by atoms with Crippen LogP contribution in [-0.2, 0) is 0 Å². The number of nitrogen functional groups attached to an aromatic ring is 1. The first-order valence-electron chi connectivity index (χ1n) is 3.98. The van der Waals surface area contributed by atoms with Gasteiger partial charge >= 0.3 is 0 Å². The maximum absolute atomic E-state index is 11.0. The maximum atomic E-state index is 11.0. The van der Waals surface area contributed by atoms with Crippen LogP contribution in [0.3, 0.4) is 0 Å². The molecule has 0 radical (unpaired) electrons. The molecule has 0 bridgehead atoms. The summed E-state index contributed by atoms with van der Waals surface area (Å²) < 4.78 is 0. The molecule has 14 heavy (non-hydrogen) atoms. The van der Waals surface area contributed by atoms with E-state index in [1.165, 1.54) is 0 Å². The lowest BCUT2D eigenvalue weighted by atomic mass is 10.1. The molecule has 70 valence electrons. The van der Waals surface area contributed by atoms with Crippen LogP contribution in [0.15, 0.2) is 24.5 Å². The highest BCUT2D eigenvalue weighted by atomic mass is 16.1. The van der Waals surface area contributed by atoms with Crippen molar-refractivity contribution >= 4 is 22.6 Å². The zero-order valence-corrected chi connectivity index (χ0v) is 7.27. The first-order valence-corrected chi connectivity index (χ1v) is 3.98. The molecule has 1 aromatic heterocycles. The number of nitrogens with zero attached hydrogens (tertiary/aromatic N) is 2. The van der Waals surface area contributed by atoms with Crippen molar-refractivity contribution in [3.05, 3.63) is 30.1 Å². The van der Waals surface area contributed by atoms with E-state index in [1.54, 1.807) is 24.5 Å². The number of rotatable bonds is 1. The Kier molecular flexibility index (Phi) is 1.78. The lowest BCUT2D eigenvalue weighted by Crippen LogP contribution is -2.13. The molecule has 0 aliphatic carbocycles. The van der Waals surface area contributed by atoms with Gasteiger partial charge in [0.05, 0.1) is 16.6 Å². The van der Waals surface area contributed by atoms with E-state index in [4.69, 9.17) is 11.5 Å². The van der Waals surface area contributed by atoms with Crippen molar-refractivity contribution < 1.29 is 4.79 Å². The summed E-state index contributed by atoms with van der Waals surface area (Å²) >= 11 is 0. The minimum Gasteiger partial charge on any atom is -0.398 e. The van der Waals surface area contributed by atoms with E-state index in [1.807, 2.05) is 0 Å². The molecule has 0 fully saturated rings. The molecule has 0 spiro atoms. The summed E-state index contributed by atoms with van der Waals surface area (Å²) in [6.07, 6.45) is 3.11. The normalized spacial score (nSPS) is 10.3. The van der Waals surface area contributed by atoms with Crippen molar-refractivity contribution in [2.45, 2.75) is 0 Å². The zero-order chi connectivity index (χ0) is 10.1. The third-order valence-corrected chi connectivity index (χ3v) is 1.91. The van der Waals surface area contributed by atoms with Crippen LogP contribution in [0.4, 0.5) is 5.69 Å². The van der Waals surface area contributed by atoms with E-state index in [0.717, 1.165) is 0 Å². The number of benzene rings is 1. The molecular formula is C9H8N4O. The molecule has 0 saturated carbocycles. The third-order valence-electron chi connectivity index (χ3n) is 1.91. The summed E-state index contributed by atoms with van der Waals surface area (Å²) in [5.41, 5.74) is 12.6. The second-order valence-corrected chi connectivity index (χ2v) is 2.85. The van der Waals surface area contributed by atoms with Crippen LogP contribution >= 0.6 is 0 Å². The Bertz CT molecular complexity index is 509. The van der Waals surface area contributed by atoms with Gasteiger partial charge in [0, 0.05) is 18.1 Å². The summed E-state index contributed by atoms with van der Waals surface area (Å²) in [5, 5.41) is 0. The van der Waals surface area contributed by atoms with Crippen molar-refractivity contribution in [2.24, 2.45) is 5.73 Å². The van der Waals surface area contributed by atoms with Crippen molar-refractivity contribution in [3.63, 3.8) is 0 Å². The van der Waals surface area contributed by atoms with Gasteiger partial charge in [-0.2, -0.15) is 0 Å². The van der Waals surface area contributed by atoms with E-state index >= 15 is 0 Å². The largest absolute Gasteiger partial charge is 0.398 e. The highest BCUT2D eigenvalue weighted by Gasteiger charge is 2.07. The third kappa shape index (κ3) is 1.24. The van der Waals surface area contributed by atoms with Crippen molar-refractivity contribution in [3.8, 4) is 0 Å².